The minimum absolute atomic E-state index is 0.176. The largest absolute Gasteiger partial charge is 0.494 e. The van der Waals surface area contributed by atoms with Crippen LogP contribution in [0.25, 0.3) is 0 Å². The van der Waals surface area contributed by atoms with E-state index in [1.165, 1.54) is 5.56 Å². The summed E-state index contributed by atoms with van der Waals surface area (Å²) in [6.07, 6.45) is 1.99. The summed E-state index contributed by atoms with van der Waals surface area (Å²) in [6.45, 7) is 3.15. The van der Waals surface area contributed by atoms with Gasteiger partial charge < -0.3 is 9.84 Å². The molecule has 19 heavy (non-hydrogen) atoms. The van der Waals surface area contributed by atoms with Crippen LogP contribution in [-0.2, 0) is 6.54 Å². The van der Waals surface area contributed by atoms with Crippen LogP contribution in [0.3, 0.4) is 0 Å². The first kappa shape index (κ1) is 13.9. The predicted molar refractivity (Wildman–Crippen MR) is 72.7 cm³/mol. The minimum Gasteiger partial charge on any atom is -0.494 e. The molecule has 2 rings (SSSR count). The van der Waals surface area contributed by atoms with Crippen LogP contribution < -0.4 is 4.74 Å². The molecule has 1 atom stereocenters. The van der Waals surface area contributed by atoms with Gasteiger partial charge in [-0.1, -0.05) is 12.1 Å². The summed E-state index contributed by atoms with van der Waals surface area (Å²) < 4.78 is 5.62. The smallest absolute Gasteiger partial charge is 0.119 e. The summed E-state index contributed by atoms with van der Waals surface area (Å²) in [6, 6.07) is 10.1. The molecule has 1 heterocycles. The Labute approximate surface area is 114 Å². The number of nitriles is 1. The van der Waals surface area contributed by atoms with Gasteiger partial charge in [0.1, 0.15) is 5.75 Å². The maximum atomic E-state index is 9.51. The second kappa shape index (κ2) is 7.13. The van der Waals surface area contributed by atoms with Crippen LogP contribution in [0, 0.1) is 11.3 Å². The molecule has 0 amide bonds. The number of benzene rings is 1. The number of aliphatic hydroxyl groups excluding tert-OH is 1. The molecule has 1 aliphatic heterocycles. The van der Waals surface area contributed by atoms with Gasteiger partial charge in [-0.15, -0.1) is 0 Å². The van der Waals surface area contributed by atoms with Gasteiger partial charge in [-0.05, 0) is 30.5 Å². The zero-order chi connectivity index (χ0) is 13.5. The van der Waals surface area contributed by atoms with E-state index in [1.807, 2.05) is 18.2 Å². The molecule has 4 heteroatoms. The monoisotopic (exact) mass is 260 g/mol. The summed E-state index contributed by atoms with van der Waals surface area (Å²) in [7, 11) is 0. The van der Waals surface area contributed by atoms with E-state index >= 15 is 0 Å². The molecule has 1 saturated heterocycles. The fourth-order valence-electron chi connectivity index (χ4n) is 2.29. The third-order valence-corrected chi connectivity index (χ3v) is 3.25. The molecular formula is C15H20N2O2. The fraction of sp³-hybridized carbons (Fsp3) is 0.533. The van der Waals surface area contributed by atoms with Crippen molar-refractivity contribution < 1.29 is 9.84 Å². The molecule has 0 bridgehead atoms. The minimum atomic E-state index is -0.176. The molecule has 1 fully saturated rings. The Morgan fingerprint density at radius 1 is 1.47 bits per heavy atom. The van der Waals surface area contributed by atoms with Crippen LogP contribution in [0.15, 0.2) is 24.3 Å². The van der Waals surface area contributed by atoms with Crippen molar-refractivity contribution in [3.63, 3.8) is 0 Å². The fourth-order valence-corrected chi connectivity index (χ4v) is 2.29. The first-order chi connectivity index (χ1) is 9.28. The van der Waals surface area contributed by atoms with Gasteiger partial charge in [0, 0.05) is 26.1 Å². The topological polar surface area (TPSA) is 56.5 Å². The summed E-state index contributed by atoms with van der Waals surface area (Å²) in [4.78, 5) is 2.25. The van der Waals surface area contributed by atoms with Crippen LogP contribution in [0.4, 0.5) is 0 Å². The van der Waals surface area contributed by atoms with E-state index in [2.05, 4.69) is 17.0 Å². The van der Waals surface area contributed by atoms with Crippen molar-refractivity contribution in [1.29, 1.82) is 5.26 Å². The number of aliphatic hydroxyl groups is 1. The summed E-state index contributed by atoms with van der Waals surface area (Å²) in [5.41, 5.74) is 1.20. The molecule has 0 aromatic heterocycles. The molecule has 0 aliphatic carbocycles. The average Bonchev–Trinajstić information content (AvgIpc) is 2.81. The lowest BCUT2D eigenvalue weighted by molar-refractivity contribution is 0.174. The van der Waals surface area contributed by atoms with Gasteiger partial charge in [-0.25, -0.2) is 0 Å². The normalized spacial score (nSPS) is 19.3. The van der Waals surface area contributed by atoms with E-state index in [-0.39, 0.29) is 6.10 Å². The highest BCUT2D eigenvalue weighted by molar-refractivity contribution is 5.28. The number of ether oxygens (including phenoxy) is 1. The highest BCUT2D eigenvalue weighted by atomic mass is 16.5. The van der Waals surface area contributed by atoms with Gasteiger partial charge in [-0.3, -0.25) is 4.90 Å². The van der Waals surface area contributed by atoms with Crippen molar-refractivity contribution in [1.82, 2.24) is 4.90 Å². The lowest BCUT2D eigenvalue weighted by Crippen LogP contribution is -2.21. The number of rotatable bonds is 6. The number of unbranched alkanes of at least 4 members (excludes halogenated alkanes) is 1. The van der Waals surface area contributed by atoms with Crippen molar-refractivity contribution in [3.8, 4) is 11.8 Å². The molecule has 0 unspecified atom stereocenters. The Morgan fingerprint density at radius 2 is 2.37 bits per heavy atom. The summed E-state index contributed by atoms with van der Waals surface area (Å²) in [5.74, 6) is 0.857. The van der Waals surface area contributed by atoms with Gasteiger partial charge in [0.25, 0.3) is 0 Å². The number of β-amino-alcohol motifs (C(OH)–C–C–N with tert-alkyl or cyclic N) is 1. The Hall–Kier alpha value is -1.57. The van der Waals surface area contributed by atoms with E-state index in [4.69, 9.17) is 10.00 Å². The van der Waals surface area contributed by atoms with Crippen LogP contribution in [0.2, 0.25) is 0 Å². The zero-order valence-electron chi connectivity index (χ0n) is 11.1. The molecule has 102 valence electrons. The van der Waals surface area contributed by atoms with Crippen LogP contribution >= 0.6 is 0 Å². The highest BCUT2D eigenvalue weighted by Gasteiger charge is 2.19. The first-order valence-electron chi connectivity index (χ1n) is 6.77. The third kappa shape index (κ3) is 4.55. The SMILES string of the molecule is N#CCCCOc1cccc(CN2CC[C@@H](O)C2)c1. The lowest BCUT2D eigenvalue weighted by Gasteiger charge is -2.15. The second-order valence-corrected chi connectivity index (χ2v) is 4.94. The number of nitrogens with zero attached hydrogens (tertiary/aromatic N) is 2. The van der Waals surface area contributed by atoms with Gasteiger partial charge in [-0.2, -0.15) is 5.26 Å². The quantitative estimate of drug-likeness (QED) is 0.794. The van der Waals surface area contributed by atoms with Crippen LogP contribution in [-0.4, -0.2) is 35.8 Å². The average molecular weight is 260 g/mol. The van der Waals surface area contributed by atoms with Crippen LogP contribution in [0.5, 0.6) is 5.75 Å². The molecular weight excluding hydrogens is 240 g/mol. The summed E-state index contributed by atoms with van der Waals surface area (Å²) in [5, 5.41) is 18.0. The predicted octanol–water partition coefficient (Wildman–Crippen LogP) is 1.94. The number of hydrogen-bond donors (Lipinski definition) is 1. The molecule has 1 aromatic rings. The van der Waals surface area contributed by atoms with Crippen molar-refractivity contribution in [2.45, 2.75) is 31.9 Å². The third-order valence-electron chi connectivity index (χ3n) is 3.25. The molecule has 0 radical (unpaired) electrons. The van der Waals surface area contributed by atoms with Crippen LogP contribution in [0.1, 0.15) is 24.8 Å². The van der Waals surface area contributed by atoms with E-state index < -0.39 is 0 Å². The Bertz CT molecular complexity index is 442. The van der Waals surface area contributed by atoms with E-state index in [9.17, 15) is 5.11 Å². The first-order valence-corrected chi connectivity index (χ1v) is 6.77. The van der Waals surface area contributed by atoms with E-state index in [0.717, 1.165) is 38.2 Å². The van der Waals surface area contributed by atoms with Gasteiger partial charge in [0.2, 0.25) is 0 Å². The Kier molecular flexibility index (Phi) is 5.20. The standard InChI is InChI=1S/C15H20N2O2/c16-7-1-2-9-19-15-5-3-4-13(10-15)11-17-8-6-14(18)12-17/h3-5,10,14,18H,1-2,6,8-9,11-12H2/t14-/m1/s1. The number of likely N-dealkylation sites (tertiary alicyclic amines) is 1. The molecule has 4 nitrogen and oxygen atoms in total. The van der Waals surface area contributed by atoms with Crippen molar-refractivity contribution in [3.05, 3.63) is 29.8 Å². The van der Waals surface area contributed by atoms with E-state index in [0.29, 0.717) is 13.0 Å². The van der Waals surface area contributed by atoms with Gasteiger partial charge in [0.05, 0.1) is 18.8 Å². The van der Waals surface area contributed by atoms with E-state index in [1.54, 1.807) is 0 Å². The zero-order valence-corrected chi connectivity index (χ0v) is 11.1. The van der Waals surface area contributed by atoms with Crippen molar-refractivity contribution >= 4 is 0 Å². The Balaban J connectivity index is 1.83. The molecule has 1 aliphatic rings. The summed E-state index contributed by atoms with van der Waals surface area (Å²) >= 11 is 0. The second-order valence-electron chi connectivity index (χ2n) is 4.94. The number of hydrogen-bond acceptors (Lipinski definition) is 4. The van der Waals surface area contributed by atoms with Crippen molar-refractivity contribution in [2.24, 2.45) is 0 Å². The van der Waals surface area contributed by atoms with Gasteiger partial charge in [0.15, 0.2) is 0 Å². The Morgan fingerprint density at radius 3 is 3.11 bits per heavy atom. The maximum Gasteiger partial charge on any atom is 0.119 e. The van der Waals surface area contributed by atoms with Gasteiger partial charge >= 0.3 is 0 Å². The molecule has 0 spiro atoms. The van der Waals surface area contributed by atoms with Crippen molar-refractivity contribution in [2.75, 3.05) is 19.7 Å². The molecule has 0 saturated carbocycles. The maximum absolute atomic E-state index is 9.51. The molecule has 1 aromatic carbocycles. The highest BCUT2D eigenvalue weighted by Crippen LogP contribution is 2.18. The lowest BCUT2D eigenvalue weighted by atomic mass is 10.2. The molecule has 1 N–H and O–H groups in total.